The zero-order valence-electron chi connectivity index (χ0n) is 13.2. The summed E-state index contributed by atoms with van der Waals surface area (Å²) in [4.78, 5) is 15.9. The van der Waals surface area contributed by atoms with Gasteiger partial charge in [0, 0.05) is 30.9 Å². The van der Waals surface area contributed by atoms with E-state index in [-0.39, 0.29) is 11.8 Å². The van der Waals surface area contributed by atoms with Crippen LogP contribution < -0.4 is 15.4 Å². The predicted octanol–water partition coefficient (Wildman–Crippen LogP) is 3.37. The molecule has 5 nitrogen and oxygen atoms in total. The molecule has 2 aromatic rings. The van der Waals surface area contributed by atoms with Crippen molar-refractivity contribution in [1.82, 2.24) is 10.3 Å². The summed E-state index contributed by atoms with van der Waals surface area (Å²) < 4.78 is 19.3. The van der Waals surface area contributed by atoms with Crippen LogP contribution in [0.25, 0.3) is 0 Å². The summed E-state index contributed by atoms with van der Waals surface area (Å²) in [5.74, 6) is -0.110. The van der Waals surface area contributed by atoms with Crippen molar-refractivity contribution in [3.63, 3.8) is 0 Å². The van der Waals surface area contributed by atoms with Gasteiger partial charge >= 0.3 is 6.03 Å². The van der Waals surface area contributed by atoms with Crippen LogP contribution in [0.4, 0.5) is 14.9 Å². The van der Waals surface area contributed by atoms with E-state index in [9.17, 15) is 9.18 Å². The Morgan fingerprint density at radius 1 is 1.30 bits per heavy atom. The van der Waals surface area contributed by atoms with Gasteiger partial charge in [0.25, 0.3) is 0 Å². The van der Waals surface area contributed by atoms with Crippen molar-refractivity contribution in [2.75, 3.05) is 11.9 Å². The van der Waals surface area contributed by atoms with Gasteiger partial charge in [-0.15, -0.1) is 0 Å². The molecular weight excluding hydrogens is 297 g/mol. The van der Waals surface area contributed by atoms with Gasteiger partial charge in [-0.1, -0.05) is 6.07 Å². The fraction of sp³-hybridized carbons (Fsp3) is 0.294. The molecule has 0 aliphatic carbocycles. The largest absolute Gasteiger partial charge is 0.491 e. The Labute approximate surface area is 134 Å². The highest BCUT2D eigenvalue weighted by atomic mass is 19.1. The normalized spacial score (nSPS) is 10.4. The molecule has 0 fully saturated rings. The van der Waals surface area contributed by atoms with E-state index in [1.807, 2.05) is 32.0 Å². The van der Waals surface area contributed by atoms with Gasteiger partial charge in [-0.3, -0.25) is 4.98 Å². The van der Waals surface area contributed by atoms with E-state index < -0.39 is 11.8 Å². The molecule has 0 radical (unpaired) electrons. The molecule has 122 valence electrons. The van der Waals surface area contributed by atoms with Crippen molar-refractivity contribution in [2.45, 2.75) is 26.4 Å². The van der Waals surface area contributed by atoms with Crippen LogP contribution in [0.3, 0.4) is 0 Å². The minimum atomic E-state index is -0.539. The van der Waals surface area contributed by atoms with Crippen molar-refractivity contribution < 1.29 is 13.9 Å². The Morgan fingerprint density at radius 2 is 2.13 bits per heavy atom. The highest BCUT2D eigenvalue weighted by Crippen LogP contribution is 2.21. The van der Waals surface area contributed by atoms with Crippen LogP contribution in [0.1, 0.15) is 19.5 Å². The summed E-state index contributed by atoms with van der Waals surface area (Å²) in [6.07, 6.45) is 2.27. The predicted molar refractivity (Wildman–Crippen MR) is 87.1 cm³/mol. The first-order chi connectivity index (χ1) is 11.0. The molecule has 2 amide bonds. The van der Waals surface area contributed by atoms with Crippen LogP contribution in [0.15, 0.2) is 42.6 Å². The number of ether oxygens (including phenoxy) is 1. The average molecular weight is 317 g/mol. The minimum Gasteiger partial charge on any atom is -0.491 e. The number of carbonyl (C=O) groups is 1. The lowest BCUT2D eigenvalue weighted by atomic mass is 10.2. The van der Waals surface area contributed by atoms with Crippen molar-refractivity contribution >= 4 is 11.7 Å². The minimum absolute atomic E-state index is 0.0388. The van der Waals surface area contributed by atoms with Crippen LogP contribution >= 0.6 is 0 Å². The number of anilines is 1. The number of benzene rings is 1. The number of rotatable bonds is 6. The van der Waals surface area contributed by atoms with Gasteiger partial charge in [-0.25, -0.2) is 9.18 Å². The molecule has 0 atom stereocenters. The third-order valence-electron chi connectivity index (χ3n) is 2.95. The molecule has 0 unspecified atom stereocenters. The SMILES string of the molecule is CC(C)Oc1ccc(NC(=O)NCCc2ccccn2)c(F)c1. The van der Waals surface area contributed by atoms with Crippen LogP contribution in [-0.2, 0) is 6.42 Å². The molecule has 0 aliphatic heterocycles. The zero-order chi connectivity index (χ0) is 16.7. The second-order valence-electron chi connectivity index (χ2n) is 5.26. The van der Waals surface area contributed by atoms with E-state index in [1.54, 1.807) is 12.3 Å². The number of halogens is 1. The number of aromatic nitrogens is 1. The molecule has 2 rings (SSSR count). The van der Waals surface area contributed by atoms with Gasteiger partial charge in [0.05, 0.1) is 11.8 Å². The Kier molecular flexibility index (Phi) is 5.91. The number of amides is 2. The maximum Gasteiger partial charge on any atom is 0.319 e. The highest BCUT2D eigenvalue weighted by molar-refractivity contribution is 5.89. The summed E-state index contributed by atoms with van der Waals surface area (Å²) in [5.41, 5.74) is 0.991. The lowest BCUT2D eigenvalue weighted by molar-refractivity contribution is 0.241. The fourth-order valence-electron chi connectivity index (χ4n) is 1.96. The lowest BCUT2D eigenvalue weighted by Gasteiger charge is -2.12. The number of urea groups is 1. The number of carbonyl (C=O) groups excluding carboxylic acids is 1. The molecule has 0 aliphatic rings. The molecule has 0 bridgehead atoms. The second kappa shape index (κ2) is 8.12. The van der Waals surface area contributed by atoms with Gasteiger partial charge < -0.3 is 15.4 Å². The number of hydrogen-bond donors (Lipinski definition) is 2. The molecular formula is C17H20FN3O2. The van der Waals surface area contributed by atoms with Gasteiger partial charge in [0.1, 0.15) is 11.6 Å². The lowest BCUT2D eigenvalue weighted by Crippen LogP contribution is -2.30. The number of nitrogens with one attached hydrogen (secondary N) is 2. The van der Waals surface area contributed by atoms with Crippen LogP contribution in [-0.4, -0.2) is 23.7 Å². The molecule has 1 aromatic carbocycles. The highest BCUT2D eigenvalue weighted by Gasteiger charge is 2.08. The molecule has 1 aromatic heterocycles. The van der Waals surface area contributed by atoms with Crippen LogP contribution in [0.5, 0.6) is 5.75 Å². The molecule has 1 heterocycles. The Morgan fingerprint density at radius 3 is 2.78 bits per heavy atom. The fourth-order valence-corrected chi connectivity index (χ4v) is 1.96. The van der Waals surface area contributed by atoms with Crippen molar-refractivity contribution in [3.8, 4) is 5.75 Å². The Bertz CT molecular complexity index is 648. The first-order valence-corrected chi connectivity index (χ1v) is 7.45. The molecule has 0 spiro atoms. The summed E-state index contributed by atoms with van der Waals surface area (Å²) in [6, 6.07) is 9.49. The summed E-state index contributed by atoms with van der Waals surface area (Å²) in [6.45, 7) is 4.14. The van der Waals surface area contributed by atoms with E-state index in [4.69, 9.17) is 4.74 Å². The van der Waals surface area contributed by atoms with Gasteiger partial charge in [-0.2, -0.15) is 0 Å². The van der Waals surface area contributed by atoms with Crippen molar-refractivity contribution in [3.05, 3.63) is 54.1 Å². The number of pyridine rings is 1. The number of nitrogens with zero attached hydrogens (tertiary/aromatic N) is 1. The quantitative estimate of drug-likeness (QED) is 0.858. The zero-order valence-corrected chi connectivity index (χ0v) is 13.2. The maximum atomic E-state index is 13.9. The standard InChI is InChI=1S/C17H20FN3O2/c1-12(2)23-14-6-7-16(15(18)11-14)21-17(22)20-10-8-13-5-3-4-9-19-13/h3-7,9,11-12H,8,10H2,1-2H3,(H2,20,21,22). The molecule has 0 saturated carbocycles. The third-order valence-corrected chi connectivity index (χ3v) is 2.95. The topological polar surface area (TPSA) is 63.2 Å². The Hall–Kier alpha value is -2.63. The monoisotopic (exact) mass is 317 g/mol. The van der Waals surface area contributed by atoms with E-state index in [2.05, 4.69) is 15.6 Å². The van der Waals surface area contributed by atoms with E-state index in [1.165, 1.54) is 12.1 Å². The first-order valence-electron chi connectivity index (χ1n) is 7.45. The van der Waals surface area contributed by atoms with E-state index in [0.29, 0.717) is 18.7 Å². The summed E-state index contributed by atoms with van der Waals surface area (Å²) >= 11 is 0. The first kappa shape index (κ1) is 16.7. The maximum absolute atomic E-state index is 13.9. The van der Waals surface area contributed by atoms with Crippen molar-refractivity contribution in [2.24, 2.45) is 0 Å². The van der Waals surface area contributed by atoms with Crippen LogP contribution in [0, 0.1) is 5.82 Å². The van der Waals surface area contributed by atoms with Gasteiger partial charge in [0.15, 0.2) is 0 Å². The molecule has 6 heteroatoms. The van der Waals surface area contributed by atoms with Crippen molar-refractivity contribution in [1.29, 1.82) is 0 Å². The molecule has 2 N–H and O–H groups in total. The summed E-state index contributed by atoms with van der Waals surface area (Å²) in [5, 5.41) is 5.14. The average Bonchev–Trinajstić information content (AvgIpc) is 2.50. The van der Waals surface area contributed by atoms with Gasteiger partial charge in [0.2, 0.25) is 0 Å². The van der Waals surface area contributed by atoms with Crippen LogP contribution in [0.2, 0.25) is 0 Å². The van der Waals surface area contributed by atoms with E-state index in [0.717, 1.165) is 5.69 Å². The van der Waals surface area contributed by atoms with E-state index >= 15 is 0 Å². The summed E-state index contributed by atoms with van der Waals surface area (Å²) in [7, 11) is 0. The molecule has 0 saturated heterocycles. The second-order valence-corrected chi connectivity index (χ2v) is 5.26. The van der Waals surface area contributed by atoms with Gasteiger partial charge in [-0.05, 0) is 38.1 Å². The molecule has 23 heavy (non-hydrogen) atoms. The smallest absolute Gasteiger partial charge is 0.319 e. The number of hydrogen-bond acceptors (Lipinski definition) is 3. The third kappa shape index (κ3) is 5.58. The Balaban J connectivity index is 1.83.